The normalized spacial score (nSPS) is 10.7. The summed E-state index contributed by atoms with van der Waals surface area (Å²) >= 11 is 0. The van der Waals surface area contributed by atoms with Crippen LogP contribution in [0.2, 0.25) is 12.6 Å². The van der Waals surface area contributed by atoms with Gasteiger partial charge in [0.25, 0.3) is 0 Å². The van der Waals surface area contributed by atoms with Gasteiger partial charge in [0.15, 0.2) is 0 Å². The largest absolute Gasteiger partial charge is 0.512 e. The summed E-state index contributed by atoms with van der Waals surface area (Å²) in [7, 11) is -2.62. The van der Waals surface area contributed by atoms with Crippen LogP contribution >= 0.6 is 0 Å². The molecule has 0 aromatic heterocycles. The van der Waals surface area contributed by atoms with Crippen molar-refractivity contribution in [3.8, 4) is 11.5 Å². The monoisotopic (exact) mass is 328 g/mol. The molecule has 2 aromatic rings. The first-order valence-electron chi connectivity index (χ1n) is 7.39. The van der Waals surface area contributed by atoms with Crippen LogP contribution in [0.4, 0.5) is 0 Å². The number of esters is 1. The smallest absolute Gasteiger partial charge is 0.460 e. The molecule has 0 amide bonds. The topological polar surface area (TPSA) is 44.8 Å². The zero-order valence-corrected chi connectivity index (χ0v) is 14.1. The predicted octanol–water partition coefficient (Wildman–Crippen LogP) is 3.95. The zero-order valence-electron chi connectivity index (χ0n) is 13.1. The van der Waals surface area contributed by atoms with Gasteiger partial charge < -0.3 is 13.6 Å². The molecule has 0 spiro atoms. The fourth-order valence-electron chi connectivity index (χ4n) is 1.99. The summed E-state index contributed by atoms with van der Waals surface area (Å²) in [6.45, 7) is 5.57. The molecule has 2 aromatic carbocycles. The number of ether oxygens (including phenoxy) is 1. The van der Waals surface area contributed by atoms with E-state index in [2.05, 4.69) is 6.58 Å². The summed E-state index contributed by atoms with van der Waals surface area (Å²) in [4.78, 5) is 11.2. The molecule has 23 heavy (non-hydrogen) atoms. The molecule has 0 atom stereocenters. The van der Waals surface area contributed by atoms with Crippen molar-refractivity contribution < 1.29 is 18.4 Å². The third kappa shape index (κ3) is 5.63. The molecule has 5 heteroatoms. The Kier molecular flexibility index (Phi) is 5.99. The van der Waals surface area contributed by atoms with Crippen molar-refractivity contribution in [3.05, 3.63) is 73.3 Å². The van der Waals surface area contributed by atoms with E-state index in [0.717, 1.165) is 17.6 Å². The van der Waals surface area contributed by atoms with Crippen molar-refractivity contribution >= 4 is 14.5 Å². The number of hydrogen-bond donors (Lipinski definition) is 0. The molecule has 0 aliphatic heterocycles. The second-order valence-electron chi connectivity index (χ2n) is 5.09. The van der Waals surface area contributed by atoms with Crippen LogP contribution < -0.4 is 8.85 Å². The summed E-state index contributed by atoms with van der Waals surface area (Å²) in [5.41, 5.74) is 0. The van der Waals surface area contributed by atoms with Gasteiger partial charge in [0.1, 0.15) is 11.5 Å². The zero-order chi connectivity index (χ0) is 16.5. The van der Waals surface area contributed by atoms with Crippen molar-refractivity contribution in [1.29, 1.82) is 0 Å². The number of para-hydroxylation sites is 2. The molecule has 120 valence electrons. The standard InChI is InChI=1S/C18H20O4Si/c1-3-18(19)20-14-15-23(2,21-16-10-6-4-7-11-16)22-17-12-8-5-9-13-17/h3-13H,1,14-15H2,2H3. The molecular formula is C18H20O4Si. The van der Waals surface area contributed by atoms with Crippen molar-refractivity contribution in [1.82, 2.24) is 0 Å². The van der Waals surface area contributed by atoms with E-state index in [-0.39, 0.29) is 6.61 Å². The summed E-state index contributed by atoms with van der Waals surface area (Å²) in [6, 6.07) is 19.5. The third-order valence-electron chi connectivity index (χ3n) is 3.12. The number of hydrogen-bond acceptors (Lipinski definition) is 4. The lowest BCUT2D eigenvalue weighted by Gasteiger charge is -2.28. The van der Waals surface area contributed by atoms with Crippen molar-refractivity contribution in [3.63, 3.8) is 0 Å². The van der Waals surface area contributed by atoms with E-state index in [1.807, 2.05) is 67.2 Å². The lowest BCUT2D eigenvalue weighted by atomic mass is 10.3. The van der Waals surface area contributed by atoms with E-state index in [1.54, 1.807) is 0 Å². The van der Waals surface area contributed by atoms with Gasteiger partial charge in [-0.1, -0.05) is 43.0 Å². The molecule has 0 heterocycles. The molecule has 0 radical (unpaired) electrons. The lowest BCUT2D eigenvalue weighted by molar-refractivity contribution is -0.137. The van der Waals surface area contributed by atoms with Crippen LogP contribution in [0.3, 0.4) is 0 Å². The van der Waals surface area contributed by atoms with Crippen molar-refractivity contribution in [2.75, 3.05) is 6.61 Å². The van der Waals surface area contributed by atoms with Gasteiger partial charge in [0.2, 0.25) is 0 Å². The van der Waals surface area contributed by atoms with Gasteiger partial charge in [-0.05, 0) is 24.3 Å². The predicted molar refractivity (Wildman–Crippen MR) is 91.7 cm³/mol. The molecular weight excluding hydrogens is 308 g/mol. The summed E-state index contributed by atoms with van der Waals surface area (Å²) in [5.74, 6) is 1.04. The lowest BCUT2D eigenvalue weighted by Crippen LogP contribution is -2.46. The minimum atomic E-state index is -2.62. The highest BCUT2D eigenvalue weighted by atomic mass is 28.4. The maximum absolute atomic E-state index is 11.2. The molecule has 0 aliphatic carbocycles. The fraction of sp³-hybridized carbons (Fsp3) is 0.167. The number of rotatable bonds is 8. The van der Waals surface area contributed by atoms with Gasteiger partial charge in [-0.2, -0.15) is 0 Å². The van der Waals surface area contributed by atoms with E-state index in [9.17, 15) is 4.79 Å². The molecule has 0 bridgehead atoms. The minimum absolute atomic E-state index is 0.229. The van der Waals surface area contributed by atoms with Gasteiger partial charge in [0.05, 0.1) is 6.61 Å². The highest BCUT2D eigenvalue weighted by Gasteiger charge is 2.36. The van der Waals surface area contributed by atoms with Crippen LogP contribution in [-0.4, -0.2) is 21.1 Å². The quantitative estimate of drug-likeness (QED) is 0.418. The van der Waals surface area contributed by atoms with Crippen LogP contribution in [0, 0.1) is 0 Å². The highest BCUT2D eigenvalue weighted by molar-refractivity contribution is 6.67. The molecule has 0 unspecified atom stereocenters. The van der Waals surface area contributed by atoms with E-state index in [1.165, 1.54) is 0 Å². The Morgan fingerprint density at radius 2 is 1.48 bits per heavy atom. The minimum Gasteiger partial charge on any atom is -0.512 e. The Labute approximate surface area is 137 Å². The van der Waals surface area contributed by atoms with Crippen LogP contribution in [-0.2, 0) is 9.53 Å². The van der Waals surface area contributed by atoms with Crippen molar-refractivity contribution in [2.45, 2.75) is 12.6 Å². The Hall–Kier alpha value is -2.53. The average molecular weight is 328 g/mol. The molecule has 0 N–H and O–H groups in total. The first-order chi connectivity index (χ1) is 11.1. The maximum atomic E-state index is 11.2. The number of benzene rings is 2. The molecule has 0 fully saturated rings. The fourth-order valence-corrected chi connectivity index (χ4v) is 3.98. The van der Waals surface area contributed by atoms with Gasteiger partial charge in [-0.25, -0.2) is 4.79 Å². The summed E-state index contributed by atoms with van der Waals surface area (Å²) in [5, 5.41) is 0. The van der Waals surface area contributed by atoms with Crippen LogP contribution in [0.15, 0.2) is 73.3 Å². The number of carbonyl (C=O) groups is 1. The maximum Gasteiger partial charge on any atom is 0.460 e. The van der Waals surface area contributed by atoms with Crippen molar-refractivity contribution in [2.24, 2.45) is 0 Å². The van der Waals surface area contributed by atoms with Crippen LogP contribution in [0.25, 0.3) is 0 Å². The average Bonchev–Trinajstić information content (AvgIpc) is 2.56. The van der Waals surface area contributed by atoms with Gasteiger partial charge in [0, 0.05) is 18.7 Å². The first-order valence-corrected chi connectivity index (χ1v) is 9.91. The Bertz CT molecular complexity index is 586. The van der Waals surface area contributed by atoms with Gasteiger partial charge in [-0.15, -0.1) is 0 Å². The van der Waals surface area contributed by atoms with E-state index in [4.69, 9.17) is 13.6 Å². The van der Waals surface area contributed by atoms with Gasteiger partial charge in [-0.3, -0.25) is 0 Å². The molecule has 0 saturated heterocycles. The van der Waals surface area contributed by atoms with E-state index in [0.29, 0.717) is 6.04 Å². The number of carbonyl (C=O) groups excluding carboxylic acids is 1. The highest BCUT2D eigenvalue weighted by Crippen LogP contribution is 2.23. The molecule has 2 rings (SSSR count). The molecule has 0 saturated carbocycles. The molecule has 0 aliphatic rings. The SMILES string of the molecule is C=CC(=O)OCC[Si](C)(Oc1ccccc1)Oc1ccccc1. The van der Waals surface area contributed by atoms with E-state index >= 15 is 0 Å². The Balaban J connectivity index is 2.08. The van der Waals surface area contributed by atoms with Crippen LogP contribution in [0.5, 0.6) is 11.5 Å². The third-order valence-corrected chi connectivity index (χ3v) is 5.57. The van der Waals surface area contributed by atoms with Crippen LogP contribution in [0.1, 0.15) is 0 Å². The van der Waals surface area contributed by atoms with E-state index < -0.39 is 14.5 Å². The van der Waals surface area contributed by atoms with Gasteiger partial charge >= 0.3 is 14.5 Å². The summed E-state index contributed by atoms with van der Waals surface area (Å²) in [6.07, 6.45) is 1.15. The Morgan fingerprint density at radius 1 is 1.00 bits per heavy atom. The second kappa shape index (κ2) is 8.19. The molecule has 4 nitrogen and oxygen atoms in total. The first kappa shape index (κ1) is 16.8. The second-order valence-corrected chi connectivity index (χ2v) is 8.26. The summed E-state index contributed by atoms with van der Waals surface area (Å²) < 4.78 is 17.3. The Morgan fingerprint density at radius 3 is 1.91 bits per heavy atom.